The zero-order valence-corrected chi connectivity index (χ0v) is 10.4. The molecule has 1 fully saturated rings. The molecule has 1 aromatic rings. The summed E-state index contributed by atoms with van der Waals surface area (Å²) >= 11 is 6.30. The van der Waals surface area contributed by atoms with Crippen LogP contribution in [0.3, 0.4) is 0 Å². The summed E-state index contributed by atoms with van der Waals surface area (Å²) < 4.78 is 0. The van der Waals surface area contributed by atoms with Crippen molar-refractivity contribution < 1.29 is 0 Å². The summed E-state index contributed by atoms with van der Waals surface area (Å²) in [6.07, 6.45) is 4.47. The summed E-state index contributed by atoms with van der Waals surface area (Å²) in [5.41, 5.74) is 6.62. The Balaban J connectivity index is 2.21. The molecule has 16 heavy (non-hydrogen) atoms. The van der Waals surface area contributed by atoms with Crippen LogP contribution in [0.1, 0.15) is 25.3 Å². The van der Waals surface area contributed by atoms with E-state index in [0.29, 0.717) is 11.6 Å². The van der Waals surface area contributed by atoms with Gasteiger partial charge in [-0.05, 0) is 37.3 Å². The molecule has 0 spiro atoms. The Morgan fingerprint density at radius 3 is 2.88 bits per heavy atom. The summed E-state index contributed by atoms with van der Waals surface area (Å²) in [6, 6.07) is 1.89. The SMILES string of the molecule is CCN(CC1CC1)c1nccc(CN)c1Cl. The van der Waals surface area contributed by atoms with Gasteiger partial charge in [0.1, 0.15) is 5.82 Å². The van der Waals surface area contributed by atoms with E-state index in [2.05, 4.69) is 16.8 Å². The molecule has 0 amide bonds. The van der Waals surface area contributed by atoms with Gasteiger partial charge in [-0.15, -0.1) is 0 Å². The summed E-state index contributed by atoms with van der Waals surface area (Å²) in [6.45, 7) is 4.61. The third-order valence-electron chi connectivity index (χ3n) is 3.03. The Morgan fingerprint density at radius 2 is 2.31 bits per heavy atom. The lowest BCUT2D eigenvalue weighted by Crippen LogP contribution is -2.26. The fraction of sp³-hybridized carbons (Fsp3) is 0.583. The van der Waals surface area contributed by atoms with Gasteiger partial charge in [-0.25, -0.2) is 4.98 Å². The number of hydrogen-bond donors (Lipinski definition) is 1. The van der Waals surface area contributed by atoms with E-state index < -0.39 is 0 Å². The predicted molar refractivity (Wildman–Crippen MR) is 67.7 cm³/mol. The molecular weight excluding hydrogens is 222 g/mol. The number of nitrogens with two attached hydrogens (primary N) is 1. The van der Waals surface area contributed by atoms with Crippen molar-refractivity contribution in [3.05, 3.63) is 22.8 Å². The number of halogens is 1. The van der Waals surface area contributed by atoms with E-state index >= 15 is 0 Å². The number of nitrogens with zero attached hydrogens (tertiary/aromatic N) is 2. The number of pyridine rings is 1. The summed E-state index contributed by atoms with van der Waals surface area (Å²) in [4.78, 5) is 6.63. The standard InChI is InChI=1S/C12H18ClN3/c1-2-16(8-9-3-4-9)12-11(13)10(7-14)5-6-15-12/h5-6,9H,2-4,7-8,14H2,1H3. The van der Waals surface area contributed by atoms with Crippen LogP contribution in [0.2, 0.25) is 5.02 Å². The number of rotatable bonds is 5. The minimum Gasteiger partial charge on any atom is -0.355 e. The number of anilines is 1. The fourth-order valence-electron chi connectivity index (χ4n) is 1.83. The molecule has 4 heteroatoms. The van der Waals surface area contributed by atoms with Crippen LogP contribution in [-0.4, -0.2) is 18.1 Å². The van der Waals surface area contributed by atoms with E-state index in [1.807, 2.05) is 6.07 Å². The van der Waals surface area contributed by atoms with Crippen LogP contribution in [0.4, 0.5) is 5.82 Å². The van der Waals surface area contributed by atoms with E-state index in [1.165, 1.54) is 12.8 Å². The molecule has 0 aliphatic heterocycles. The zero-order valence-electron chi connectivity index (χ0n) is 9.62. The summed E-state index contributed by atoms with van der Waals surface area (Å²) in [5.74, 6) is 1.72. The molecular formula is C12H18ClN3. The van der Waals surface area contributed by atoms with Crippen LogP contribution >= 0.6 is 11.6 Å². The predicted octanol–water partition coefficient (Wildman–Crippen LogP) is 2.43. The van der Waals surface area contributed by atoms with E-state index in [9.17, 15) is 0 Å². The Kier molecular flexibility index (Phi) is 3.66. The van der Waals surface area contributed by atoms with Gasteiger partial charge < -0.3 is 10.6 Å². The molecule has 88 valence electrons. The number of hydrogen-bond acceptors (Lipinski definition) is 3. The smallest absolute Gasteiger partial charge is 0.147 e. The first kappa shape index (κ1) is 11.7. The fourth-order valence-corrected chi connectivity index (χ4v) is 2.14. The highest BCUT2D eigenvalue weighted by Crippen LogP contribution is 2.33. The van der Waals surface area contributed by atoms with Crippen molar-refractivity contribution in [2.24, 2.45) is 11.7 Å². The van der Waals surface area contributed by atoms with Crippen molar-refractivity contribution >= 4 is 17.4 Å². The Bertz CT molecular complexity index is 363. The van der Waals surface area contributed by atoms with E-state index in [0.717, 1.165) is 30.4 Å². The maximum absolute atomic E-state index is 6.30. The largest absolute Gasteiger partial charge is 0.355 e. The molecule has 0 atom stereocenters. The molecule has 1 heterocycles. The van der Waals surface area contributed by atoms with Gasteiger partial charge in [-0.1, -0.05) is 11.6 Å². The highest BCUT2D eigenvalue weighted by atomic mass is 35.5. The average molecular weight is 240 g/mol. The molecule has 1 aliphatic carbocycles. The molecule has 0 radical (unpaired) electrons. The van der Waals surface area contributed by atoms with E-state index in [4.69, 9.17) is 17.3 Å². The van der Waals surface area contributed by atoms with Crippen LogP contribution < -0.4 is 10.6 Å². The summed E-state index contributed by atoms with van der Waals surface area (Å²) in [5, 5.41) is 0.715. The van der Waals surface area contributed by atoms with Crippen molar-refractivity contribution in [1.82, 2.24) is 4.98 Å². The maximum atomic E-state index is 6.30. The molecule has 1 saturated carbocycles. The van der Waals surface area contributed by atoms with Crippen molar-refractivity contribution in [3.8, 4) is 0 Å². The Morgan fingerprint density at radius 1 is 1.56 bits per heavy atom. The van der Waals surface area contributed by atoms with Gasteiger partial charge in [0.15, 0.2) is 0 Å². The van der Waals surface area contributed by atoms with Crippen LogP contribution in [-0.2, 0) is 6.54 Å². The highest BCUT2D eigenvalue weighted by molar-refractivity contribution is 6.33. The van der Waals surface area contributed by atoms with Gasteiger partial charge in [-0.2, -0.15) is 0 Å². The lowest BCUT2D eigenvalue weighted by molar-refractivity contribution is 0.731. The first-order chi connectivity index (χ1) is 7.76. The van der Waals surface area contributed by atoms with Crippen molar-refractivity contribution in [3.63, 3.8) is 0 Å². The van der Waals surface area contributed by atoms with E-state index in [-0.39, 0.29) is 0 Å². The van der Waals surface area contributed by atoms with Gasteiger partial charge >= 0.3 is 0 Å². The van der Waals surface area contributed by atoms with Crippen LogP contribution in [0.15, 0.2) is 12.3 Å². The Labute approximate surface area is 102 Å². The van der Waals surface area contributed by atoms with E-state index in [1.54, 1.807) is 6.20 Å². The molecule has 1 aromatic heterocycles. The topological polar surface area (TPSA) is 42.2 Å². The van der Waals surface area contributed by atoms with Gasteiger partial charge in [0.2, 0.25) is 0 Å². The molecule has 2 rings (SSSR count). The molecule has 0 aromatic carbocycles. The second-order valence-corrected chi connectivity index (χ2v) is 4.67. The Hall–Kier alpha value is -0.800. The second kappa shape index (κ2) is 5.02. The van der Waals surface area contributed by atoms with Crippen molar-refractivity contribution in [2.45, 2.75) is 26.3 Å². The lowest BCUT2D eigenvalue weighted by Gasteiger charge is -2.23. The molecule has 1 aliphatic rings. The molecule has 3 nitrogen and oxygen atoms in total. The first-order valence-electron chi connectivity index (χ1n) is 5.84. The molecule has 0 unspecified atom stereocenters. The molecule has 0 bridgehead atoms. The third-order valence-corrected chi connectivity index (χ3v) is 3.44. The maximum Gasteiger partial charge on any atom is 0.147 e. The quantitative estimate of drug-likeness (QED) is 0.858. The first-order valence-corrected chi connectivity index (χ1v) is 6.22. The normalized spacial score (nSPS) is 15.2. The third kappa shape index (κ3) is 2.47. The van der Waals surface area contributed by atoms with Gasteiger partial charge in [0, 0.05) is 25.8 Å². The lowest BCUT2D eigenvalue weighted by atomic mass is 10.2. The molecule has 2 N–H and O–H groups in total. The molecule has 0 saturated heterocycles. The highest BCUT2D eigenvalue weighted by Gasteiger charge is 2.25. The zero-order chi connectivity index (χ0) is 11.5. The monoisotopic (exact) mass is 239 g/mol. The summed E-state index contributed by atoms with van der Waals surface area (Å²) in [7, 11) is 0. The van der Waals surface area contributed by atoms with Gasteiger partial charge in [0.05, 0.1) is 5.02 Å². The minimum atomic E-state index is 0.468. The second-order valence-electron chi connectivity index (χ2n) is 4.29. The minimum absolute atomic E-state index is 0.468. The van der Waals surface area contributed by atoms with Crippen molar-refractivity contribution in [1.29, 1.82) is 0 Å². The average Bonchev–Trinajstić information content (AvgIpc) is 3.10. The van der Waals surface area contributed by atoms with Crippen LogP contribution in [0.5, 0.6) is 0 Å². The van der Waals surface area contributed by atoms with Gasteiger partial charge in [-0.3, -0.25) is 0 Å². The van der Waals surface area contributed by atoms with Crippen LogP contribution in [0, 0.1) is 5.92 Å². The number of aromatic nitrogens is 1. The van der Waals surface area contributed by atoms with Gasteiger partial charge in [0.25, 0.3) is 0 Å². The van der Waals surface area contributed by atoms with Crippen molar-refractivity contribution in [2.75, 3.05) is 18.0 Å². The van der Waals surface area contributed by atoms with Crippen LogP contribution in [0.25, 0.3) is 0 Å².